The molecular weight excluding hydrogens is 326 g/mol. The highest BCUT2D eigenvalue weighted by Crippen LogP contribution is 2.28. The van der Waals surface area contributed by atoms with Gasteiger partial charge in [-0.3, -0.25) is 9.89 Å². The molecule has 1 N–H and O–H groups in total. The molecule has 1 aromatic carbocycles. The van der Waals surface area contributed by atoms with Crippen LogP contribution in [-0.4, -0.2) is 41.8 Å². The van der Waals surface area contributed by atoms with Crippen LogP contribution in [0.15, 0.2) is 35.2 Å². The smallest absolute Gasteiger partial charge is 0.246 e. The predicted molar refractivity (Wildman–Crippen MR) is 90.3 cm³/mol. The molecule has 2 aromatic rings. The third kappa shape index (κ3) is 3.01. The van der Waals surface area contributed by atoms with Crippen molar-refractivity contribution in [2.24, 2.45) is 5.92 Å². The van der Waals surface area contributed by atoms with Crippen molar-refractivity contribution < 1.29 is 13.2 Å². The van der Waals surface area contributed by atoms with E-state index in [1.807, 2.05) is 18.2 Å². The van der Waals surface area contributed by atoms with Gasteiger partial charge in [0.25, 0.3) is 0 Å². The molecule has 6 nitrogen and oxygen atoms in total. The first-order chi connectivity index (χ1) is 11.4. The molecule has 7 heteroatoms. The molecular formula is C17H21N3O3S. The lowest BCUT2D eigenvalue weighted by atomic mass is 9.91. The Bertz CT molecular complexity index is 824. The number of aromatic nitrogens is 2. The van der Waals surface area contributed by atoms with Crippen molar-refractivity contribution >= 4 is 15.8 Å². The third-order valence-corrected chi connectivity index (χ3v) is 6.60. The van der Waals surface area contributed by atoms with Gasteiger partial charge in [-0.1, -0.05) is 30.3 Å². The predicted octanol–water partition coefficient (Wildman–Crippen LogP) is 2.31. The molecule has 1 saturated heterocycles. The van der Waals surface area contributed by atoms with Crippen molar-refractivity contribution in [3.8, 4) is 0 Å². The SMILES string of the molecule is Cc1n[nH]c(C)c1S(=O)(=O)N1CCCC(C(=O)c2ccccc2)C1. The Hall–Kier alpha value is -1.99. The normalized spacial score (nSPS) is 19.3. The molecule has 3 rings (SSSR count). The number of piperidine rings is 1. The largest absolute Gasteiger partial charge is 0.294 e. The van der Waals surface area contributed by atoms with E-state index in [9.17, 15) is 13.2 Å². The monoisotopic (exact) mass is 347 g/mol. The van der Waals surface area contributed by atoms with Crippen molar-refractivity contribution in [1.29, 1.82) is 0 Å². The van der Waals surface area contributed by atoms with E-state index >= 15 is 0 Å². The Labute approximate surface area is 141 Å². The summed E-state index contributed by atoms with van der Waals surface area (Å²) in [6, 6.07) is 9.06. The van der Waals surface area contributed by atoms with E-state index in [4.69, 9.17) is 0 Å². The van der Waals surface area contributed by atoms with Gasteiger partial charge >= 0.3 is 0 Å². The minimum atomic E-state index is -3.64. The number of aryl methyl sites for hydroxylation is 2. The van der Waals surface area contributed by atoms with Gasteiger partial charge in [0.05, 0.1) is 11.4 Å². The number of ketones is 1. The van der Waals surface area contributed by atoms with Gasteiger partial charge in [-0.05, 0) is 26.7 Å². The van der Waals surface area contributed by atoms with Gasteiger partial charge in [-0.2, -0.15) is 9.40 Å². The van der Waals surface area contributed by atoms with E-state index in [1.54, 1.807) is 26.0 Å². The third-order valence-electron chi connectivity index (χ3n) is 4.47. The van der Waals surface area contributed by atoms with Crippen LogP contribution in [0.1, 0.15) is 34.6 Å². The number of rotatable bonds is 4. The van der Waals surface area contributed by atoms with Gasteiger partial charge in [0.1, 0.15) is 4.90 Å². The highest BCUT2D eigenvalue weighted by molar-refractivity contribution is 7.89. The lowest BCUT2D eigenvalue weighted by molar-refractivity contribution is 0.0872. The Balaban J connectivity index is 1.85. The van der Waals surface area contributed by atoms with Gasteiger partial charge in [0.2, 0.25) is 10.0 Å². The van der Waals surface area contributed by atoms with Crippen molar-refractivity contribution in [2.45, 2.75) is 31.6 Å². The summed E-state index contributed by atoms with van der Waals surface area (Å²) in [5.41, 5.74) is 1.63. The molecule has 2 heterocycles. The average molecular weight is 347 g/mol. The van der Waals surface area contributed by atoms with Crippen molar-refractivity contribution in [3.63, 3.8) is 0 Å². The number of carbonyl (C=O) groups excluding carboxylic acids is 1. The number of Topliss-reactive ketones (excluding diaryl/α,β-unsaturated/α-hetero) is 1. The summed E-state index contributed by atoms with van der Waals surface area (Å²) < 4.78 is 27.3. The fourth-order valence-electron chi connectivity index (χ4n) is 3.26. The van der Waals surface area contributed by atoms with E-state index in [0.29, 0.717) is 36.3 Å². The lowest BCUT2D eigenvalue weighted by Gasteiger charge is -2.31. The summed E-state index contributed by atoms with van der Waals surface area (Å²) in [4.78, 5) is 12.9. The zero-order valence-electron chi connectivity index (χ0n) is 13.8. The van der Waals surface area contributed by atoms with Crippen molar-refractivity contribution in [2.75, 3.05) is 13.1 Å². The Kier molecular flexibility index (Phi) is 4.56. The molecule has 0 radical (unpaired) electrons. The van der Waals surface area contributed by atoms with Crippen LogP contribution >= 0.6 is 0 Å². The molecule has 1 aliphatic rings. The van der Waals surface area contributed by atoms with Gasteiger partial charge in [0, 0.05) is 24.6 Å². The van der Waals surface area contributed by atoms with Gasteiger partial charge in [0.15, 0.2) is 5.78 Å². The Morgan fingerprint density at radius 1 is 1.25 bits per heavy atom. The number of aromatic amines is 1. The number of H-pyrrole nitrogens is 1. The number of carbonyl (C=O) groups is 1. The van der Waals surface area contributed by atoms with Gasteiger partial charge in [-0.25, -0.2) is 8.42 Å². The summed E-state index contributed by atoms with van der Waals surface area (Å²) in [7, 11) is -3.64. The molecule has 1 fully saturated rings. The van der Waals surface area contributed by atoms with Crippen molar-refractivity contribution in [3.05, 3.63) is 47.3 Å². The number of hydrogen-bond donors (Lipinski definition) is 1. The maximum absolute atomic E-state index is 12.9. The fraction of sp³-hybridized carbons (Fsp3) is 0.412. The first-order valence-corrected chi connectivity index (χ1v) is 9.46. The van der Waals surface area contributed by atoms with Crippen molar-refractivity contribution in [1.82, 2.24) is 14.5 Å². The highest BCUT2D eigenvalue weighted by atomic mass is 32.2. The van der Waals surface area contributed by atoms with E-state index in [2.05, 4.69) is 10.2 Å². The van der Waals surface area contributed by atoms with Gasteiger partial charge < -0.3 is 0 Å². The maximum atomic E-state index is 12.9. The second-order valence-electron chi connectivity index (χ2n) is 6.20. The molecule has 1 aliphatic heterocycles. The zero-order valence-corrected chi connectivity index (χ0v) is 14.6. The summed E-state index contributed by atoms with van der Waals surface area (Å²) in [5, 5.41) is 6.70. The standard InChI is InChI=1S/C17H21N3O3S/c1-12-17(13(2)19-18-12)24(22,23)20-10-6-9-15(11-20)16(21)14-7-4-3-5-8-14/h3-5,7-8,15H,6,9-11H2,1-2H3,(H,18,19). The Morgan fingerprint density at radius 2 is 1.96 bits per heavy atom. The van der Waals surface area contributed by atoms with Crippen LogP contribution in [0.4, 0.5) is 0 Å². The zero-order chi connectivity index (χ0) is 17.3. The summed E-state index contributed by atoms with van der Waals surface area (Å²) >= 11 is 0. The molecule has 0 aliphatic carbocycles. The highest BCUT2D eigenvalue weighted by Gasteiger charge is 2.35. The Morgan fingerprint density at radius 3 is 2.58 bits per heavy atom. The average Bonchev–Trinajstić information content (AvgIpc) is 2.94. The second kappa shape index (κ2) is 6.49. The van der Waals surface area contributed by atoms with Crippen LogP contribution in [0.25, 0.3) is 0 Å². The number of hydrogen-bond acceptors (Lipinski definition) is 4. The topological polar surface area (TPSA) is 83.1 Å². The van der Waals surface area contributed by atoms with Gasteiger partial charge in [-0.15, -0.1) is 0 Å². The van der Waals surface area contributed by atoms with E-state index in [-0.39, 0.29) is 23.1 Å². The first-order valence-electron chi connectivity index (χ1n) is 8.02. The molecule has 24 heavy (non-hydrogen) atoms. The van der Waals surface area contributed by atoms with Crippen LogP contribution in [-0.2, 0) is 10.0 Å². The van der Waals surface area contributed by atoms with Crippen LogP contribution in [0.2, 0.25) is 0 Å². The molecule has 0 spiro atoms. The van der Waals surface area contributed by atoms with Crippen LogP contribution in [0.5, 0.6) is 0 Å². The fourth-order valence-corrected chi connectivity index (χ4v) is 5.12. The molecule has 1 aromatic heterocycles. The van der Waals surface area contributed by atoms with Crippen LogP contribution < -0.4 is 0 Å². The molecule has 0 bridgehead atoms. The number of sulfonamides is 1. The summed E-state index contributed by atoms with van der Waals surface area (Å²) in [6.45, 7) is 4.03. The summed E-state index contributed by atoms with van der Waals surface area (Å²) in [6.07, 6.45) is 1.39. The van der Waals surface area contributed by atoms with Crippen LogP contribution in [0.3, 0.4) is 0 Å². The summed E-state index contributed by atoms with van der Waals surface area (Å²) in [5.74, 6) is -0.292. The first kappa shape index (κ1) is 16.9. The minimum Gasteiger partial charge on any atom is -0.294 e. The minimum absolute atomic E-state index is 0.0103. The van der Waals surface area contributed by atoms with E-state index in [1.165, 1.54) is 4.31 Å². The number of nitrogens with one attached hydrogen (secondary N) is 1. The maximum Gasteiger partial charge on any atom is 0.246 e. The quantitative estimate of drug-likeness (QED) is 0.860. The number of nitrogens with zero attached hydrogens (tertiary/aromatic N) is 2. The van der Waals surface area contributed by atoms with E-state index in [0.717, 1.165) is 0 Å². The lowest BCUT2D eigenvalue weighted by Crippen LogP contribution is -2.42. The number of benzene rings is 1. The second-order valence-corrected chi connectivity index (χ2v) is 8.07. The molecule has 128 valence electrons. The molecule has 1 unspecified atom stereocenters. The molecule has 1 atom stereocenters. The van der Waals surface area contributed by atoms with E-state index < -0.39 is 10.0 Å². The van der Waals surface area contributed by atoms with Crippen LogP contribution in [0, 0.1) is 19.8 Å². The molecule has 0 saturated carbocycles. The molecule has 0 amide bonds.